The number of carboxylic acid groups (broad SMARTS) is 1. The molecule has 28 heavy (non-hydrogen) atoms. The quantitative estimate of drug-likeness (QED) is 0.646. The Labute approximate surface area is 162 Å². The summed E-state index contributed by atoms with van der Waals surface area (Å²) < 4.78 is 17.2. The van der Waals surface area contributed by atoms with Gasteiger partial charge in [0.1, 0.15) is 11.5 Å². The second-order valence-corrected chi connectivity index (χ2v) is 7.13. The van der Waals surface area contributed by atoms with Crippen molar-refractivity contribution < 1.29 is 23.8 Å². The van der Waals surface area contributed by atoms with Crippen molar-refractivity contribution in [2.24, 2.45) is 0 Å². The van der Waals surface area contributed by atoms with E-state index >= 15 is 0 Å². The average molecular weight is 384 g/mol. The van der Waals surface area contributed by atoms with Crippen LogP contribution in [0.5, 0.6) is 5.75 Å². The van der Waals surface area contributed by atoms with Crippen molar-refractivity contribution in [2.75, 3.05) is 19.8 Å². The molecule has 148 valence electrons. The maximum atomic E-state index is 11.0. The number of H-pyrrole nitrogens is 1. The van der Waals surface area contributed by atoms with Crippen LogP contribution in [-0.4, -0.2) is 40.9 Å². The van der Waals surface area contributed by atoms with Gasteiger partial charge in [-0.2, -0.15) is 0 Å². The zero-order valence-corrected chi connectivity index (χ0v) is 15.9. The highest BCUT2D eigenvalue weighted by molar-refractivity contribution is 5.87. The number of ether oxygens (including phenoxy) is 2. The van der Waals surface area contributed by atoms with Crippen molar-refractivity contribution in [3.05, 3.63) is 47.3 Å². The molecule has 1 aliphatic rings. The highest BCUT2D eigenvalue weighted by atomic mass is 16.5. The van der Waals surface area contributed by atoms with Crippen LogP contribution >= 0.6 is 0 Å². The van der Waals surface area contributed by atoms with Crippen LogP contribution in [0.15, 0.2) is 28.8 Å². The first kappa shape index (κ1) is 18.6. The Bertz CT molecular complexity index is 968. The molecular formula is C21H24N2O5. The summed E-state index contributed by atoms with van der Waals surface area (Å²) in [5.74, 6) is 1.85. The standard InChI is InChI=1S/C21H24N2O5/c1-13-18(23-21(28-13)14-4-7-26-8-5-14)6-9-27-16-2-3-19-17(11-16)15(12-22-19)10-20(24)25/h2-3,11-12,14,22H,4-10H2,1H3,(H,24,25). The summed E-state index contributed by atoms with van der Waals surface area (Å²) in [5.41, 5.74) is 2.58. The Morgan fingerprint density at radius 1 is 1.36 bits per heavy atom. The number of aromatic amines is 1. The molecule has 1 aromatic carbocycles. The lowest BCUT2D eigenvalue weighted by molar-refractivity contribution is -0.136. The Hall–Kier alpha value is -2.80. The van der Waals surface area contributed by atoms with Crippen molar-refractivity contribution in [3.8, 4) is 5.75 Å². The van der Waals surface area contributed by atoms with Gasteiger partial charge in [0.2, 0.25) is 0 Å². The van der Waals surface area contributed by atoms with Gasteiger partial charge in [0.15, 0.2) is 5.89 Å². The third-order valence-electron chi connectivity index (χ3n) is 5.17. The van der Waals surface area contributed by atoms with Gasteiger partial charge in [-0.15, -0.1) is 0 Å². The van der Waals surface area contributed by atoms with E-state index in [0.717, 1.165) is 59.9 Å². The molecule has 3 heterocycles. The second kappa shape index (κ2) is 8.06. The summed E-state index contributed by atoms with van der Waals surface area (Å²) in [4.78, 5) is 18.8. The van der Waals surface area contributed by atoms with Crippen molar-refractivity contribution in [3.63, 3.8) is 0 Å². The summed E-state index contributed by atoms with van der Waals surface area (Å²) in [6.45, 7) is 3.94. The van der Waals surface area contributed by atoms with Crippen LogP contribution in [0.25, 0.3) is 10.9 Å². The smallest absolute Gasteiger partial charge is 0.307 e. The van der Waals surface area contributed by atoms with Gasteiger partial charge in [0.05, 0.1) is 18.7 Å². The predicted molar refractivity (Wildman–Crippen MR) is 103 cm³/mol. The number of aromatic nitrogens is 2. The number of nitrogens with one attached hydrogen (secondary N) is 1. The van der Waals surface area contributed by atoms with Crippen LogP contribution in [0, 0.1) is 6.92 Å². The van der Waals surface area contributed by atoms with Gasteiger partial charge >= 0.3 is 5.97 Å². The predicted octanol–water partition coefficient (Wildman–Crippen LogP) is 3.61. The summed E-state index contributed by atoms with van der Waals surface area (Å²) in [5, 5.41) is 9.91. The lowest BCUT2D eigenvalue weighted by Crippen LogP contribution is -2.14. The van der Waals surface area contributed by atoms with Gasteiger partial charge < -0.3 is 24.0 Å². The molecular weight excluding hydrogens is 360 g/mol. The van der Waals surface area contributed by atoms with Gasteiger partial charge in [-0.05, 0) is 43.5 Å². The lowest BCUT2D eigenvalue weighted by Gasteiger charge is -2.18. The first-order chi connectivity index (χ1) is 13.6. The molecule has 7 heteroatoms. The number of aryl methyl sites for hydroxylation is 1. The molecule has 0 atom stereocenters. The Balaban J connectivity index is 1.39. The number of benzene rings is 1. The topological polar surface area (TPSA) is 97.6 Å². The number of fused-ring (bicyclic) bond motifs is 1. The molecule has 0 amide bonds. The Morgan fingerprint density at radius 3 is 2.96 bits per heavy atom. The van der Waals surface area contributed by atoms with E-state index in [-0.39, 0.29) is 6.42 Å². The fourth-order valence-electron chi connectivity index (χ4n) is 3.62. The van der Waals surface area contributed by atoms with Crippen molar-refractivity contribution >= 4 is 16.9 Å². The summed E-state index contributed by atoms with van der Waals surface area (Å²) in [6, 6.07) is 5.67. The third-order valence-corrected chi connectivity index (χ3v) is 5.17. The molecule has 0 saturated carbocycles. The molecule has 7 nitrogen and oxygen atoms in total. The van der Waals surface area contributed by atoms with Crippen LogP contribution in [-0.2, 0) is 22.4 Å². The highest BCUT2D eigenvalue weighted by Gasteiger charge is 2.22. The van der Waals surface area contributed by atoms with Gasteiger partial charge in [-0.25, -0.2) is 4.98 Å². The molecule has 0 unspecified atom stereocenters. The second-order valence-electron chi connectivity index (χ2n) is 7.13. The molecule has 0 bridgehead atoms. The monoisotopic (exact) mass is 384 g/mol. The van der Waals surface area contributed by atoms with Gasteiger partial charge in [0.25, 0.3) is 0 Å². The number of nitrogens with zero attached hydrogens (tertiary/aromatic N) is 1. The largest absolute Gasteiger partial charge is 0.493 e. The Kier molecular flexibility index (Phi) is 5.34. The van der Waals surface area contributed by atoms with Crippen LogP contribution in [0.2, 0.25) is 0 Å². The van der Waals surface area contributed by atoms with E-state index in [1.807, 2.05) is 25.1 Å². The van der Waals surface area contributed by atoms with E-state index in [2.05, 4.69) is 9.97 Å². The third kappa shape index (κ3) is 4.04. The maximum absolute atomic E-state index is 11.0. The molecule has 0 aliphatic carbocycles. The van der Waals surface area contributed by atoms with Gasteiger partial charge in [-0.1, -0.05) is 0 Å². The van der Waals surface area contributed by atoms with E-state index in [9.17, 15) is 4.79 Å². The lowest BCUT2D eigenvalue weighted by atomic mass is 10.0. The average Bonchev–Trinajstić information content (AvgIpc) is 3.26. The molecule has 1 saturated heterocycles. The molecule has 4 rings (SSSR count). The molecule has 3 aromatic rings. The van der Waals surface area contributed by atoms with Crippen molar-refractivity contribution in [2.45, 2.75) is 38.5 Å². The molecule has 1 fully saturated rings. The first-order valence-corrected chi connectivity index (χ1v) is 9.58. The van der Waals surface area contributed by atoms with Crippen LogP contribution in [0.4, 0.5) is 0 Å². The van der Waals surface area contributed by atoms with Crippen LogP contribution < -0.4 is 4.74 Å². The zero-order chi connectivity index (χ0) is 19.5. The minimum absolute atomic E-state index is 0.0173. The fraction of sp³-hybridized carbons (Fsp3) is 0.429. The molecule has 1 aliphatic heterocycles. The van der Waals surface area contributed by atoms with Gasteiger partial charge in [0, 0.05) is 42.7 Å². The molecule has 2 aromatic heterocycles. The first-order valence-electron chi connectivity index (χ1n) is 9.58. The van der Waals surface area contributed by atoms with Crippen molar-refractivity contribution in [1.29, 1.82) is 0 Å². The van der Waals surface area contributed by atoms with Crippen LogP contribution in [0.3, 0.4) is 0 Å². The summed E-state index contributed by atoms with van der Waals surface area (Å²) >= 11 is 0. The van der Waals surface area contributed by atoms with E-state index < -0.39 is 5.97 Å². The van der Waals surface area contributed by atoms with E-state index in [1.54, 1.807) is 6.20 Å². The van der Waals surface area contributed by atoms with Crippen molar-refractivity contribution in [1.82, 2.24) is 9.97 Å². The number of hydrogen-bond donors (Lipinski definition) is 2. The minimum atomic E-state index is -0.853. The van der Waals surface area contributed by atoms with Gasteiger partial charge in [-0.3, -0.25) is 4.79 Å². The normalized spacial score (nSPS) is 15.2. The Morgan fingerprint density at radius 2 is 2.18 bits per heavy atom. The molecule has 0 spiro atoms. The SMILES string of the molecule is Cc1oc(C2CCOCC2)nc1CCOc1ccc2[nH]cc(CC(=O)O)c2c1. The summed E-state index contributed by atoms with van der Waals surface area (Å²) in [6.07, 6.45) is 4.28. The fourth-order valence-corrected chi connectivity index (χ4v) is 3.62. The molecule has 2 N–H and O–H groups in total. The number of rotatable bonds is 7. The number of carboxylic acids is 1. The molecule has 0 radical (unpaired) electrons. The number of hydrogen-bond acceptors (Lipinski definition) is 5. The summed E-state index contributed by atoms with van der Waals surface area (Å²) in [7, 11) is 0. The number of oxazole rings is 1. The number of aliphatic carboxylic acids is 1. The minimum Gasteiger partial charge on any atom is -0.493 e. The van der Waals surface area contributed by atoms with E-state index in [4.69, 9.17) is 19.0 Å². The van der Waals surface area contributed by atoms with E-state index in [0.29, 0.717) is 24.7 Å². The highest BCUT2D eigenvalue weighted by Crippen LogP contribution is 2.28. The zero-order valence-electron chi connectivity index (χ0n) is 15.9. The van der Waals surface area contributed by atoms with E-state index in [1.165, 1.54) is 0 Å². The number of carbonyl (C=O) groups is 1. The maximum Gasteiger partial charge on any atom is 0.307 e. The van der Waals surface area contributed by atoms with Crippen LogP contribution in [0.1, 0.15) is 41.7 Å².